The largest absolute Gasteiger partial charge is 0.352 e. The van der Waals surface area contributed by atoms with Crippen LogP contribution in [0.1, 0.15) is 22.6 Å². The summed E-state index contributed by atoms with van der Waals surface area (Å²) >= 11 is 0. The molecular formula is C13H20N4. The molecule has 0 aliphatic carbocycles. The fraction of sp³-hybridized carbons (Fsp3) is 0.462. The molecule has 0 amide bonds. The normalized spacial score (nSPS) is 11.1. The Balaban J connectivity index is 1.92. The summed E-state index contributed by atoms with van der Waals surface area (Å²) in [5, 5.41) is 7.76. The van der Waals surface area contributed by atoms with Crippen molar-refractivity contribution in [2.24, 2.45) is 14.1 Å². The van der Waals surface area contributed by atoms with Crippen molar-refractivity contribution in [1.82, 2.24) is 19.7 Å². The van der Waals surface area contributed by atoms with E-state index in [1.165, 1.54) is 17.0 Å². The van der Waals surface area contributed by atoms with E-state index in [1.54, 1.807) is 0 Å². The third-order valence-electron chi connectivity index (χ3n) is 3.27. The maximum atomic E-state index is 4.34. The second-order valence-electron chi connectivity index (χ2n) is 4.54. The van der Waals surface area contributed by atoms with Gasteiger partial charge in [0.2, 0.25) is 0 Å². The van der Waals surface area contributed by atoms with Gasteiger partial charge in [-0.05, 0) is 31.5 Å². The smallest absolute Gasteiger partial charge is 0.0762 e. The van der Waals surface area contributed by atoms with Gasteiger partial charge in [-0.25, -0.2) is 0 Å². The lowest BCUT2D eigenvalue weighted by molar-refractivity contribution is 0.653. The van der Waals surface area contributed by atoms with Crippen molar-refractivity contribution in [3.63, 3.8) is 0 Å². The molecule has 0 spiro atoms. The number of aryl methyl sites for hydroxylation is 2. The molecule has 0 atom stereocenters. The lowest BCUT2D eigenvalue weighted by atomic mass is 10.2. The fourth-order valence-corrected chi connectivity index (χ4v) is 2.00. The van der Waals surface area contributed by atoms with Crippen LogP contribution in [0.25, 0.3) is 0 Å². The molecule has 1 N–H and O–H groups in total. The summed E-state index contributed by atoms with van der Waals surface area (Å²) in [6.07, 6.45) is 1.97. The van der Waals surface area contributed by atoms with Crippen LogP contribution >= 0.6 is 0 Å². The van der Waals surface area contributed by atoms with Gasteiger partial charge in [0, 0.05) is 44.8 Å². The van der Waals surface area contributed by atoms with Crippen LogP contribution in [-0.2, 0) is 27.2 Å². The minimum Gasteiger partial charge on any atom is -0.352 e. The number of hydrogen-bond donors (Lipinski definition) is 1. The molecule has 17 heavy (non-hydrogen) atoms. The average molecular weight is 232 g/mol. The highest BCUT2D eigenvalue weighted by molar-refractivity contribution is 5.26. The summed E-state index contributed by atoms with van der Waals surface area (Å²) in [5.74, 6) is 0. The van der Waals surface area contributed by atoms with Gasteiger partial charge in [0.05, 0.1) is 5.69 Å². The van der Waals surface area contributed by atoms with Crippen molar-refractivity contribution in [1.29, 1.82) is 0 Å². The first-order valence-corrected chi connectivity index (χ1v) is 5.89. The number of nitrogens with zero attached hydrogens (tertiary/aromatic N) is 3. The molecule has 4 heteroatoms. The molecule has 2 rings (SSSR count). The monoisotopic (exact) mass is 232 g/mol. The summed E-state index contributed by atoms with van der Waals surface area (Å²) in [6, 6.07) is 4.27. The zero-order valence-corrected chi connectivity index (χ0v) is 11.0. The molecule has 0 aromatic carbocycles. The summed E-state index contributed by atoms with van der Waals surface area (Å²) in [5.41, 5.74) is 5.08. The first-order chi connectivity index (χ1) is 8.08. The number of hydrogen-bond acceptors (Lipinski definition) is 2. The Bertz CT molecular complexity index is 507. The lowest BCUT2D eigenvalue weighted by Gasteiger charge is -2.04. The van der Waals surface area contributed by atoms with Crippen LogP contribution in [0.5, 0.6) is 0 Å². The standard InChI is InChI=1S/C13H20N4/c1-10-7-12(11(2)17(10)4)8-14-9-13-5-6-16(3)15-13/h5-7,14H,8-9H2,1-4H3. The predicted octanol–water partition coefficient (Wildman–Crippen LogP) is 1.67. The molecule has 0 fully saturated rings. The number of rotatable bonds is 4. The Morgan fingerprint density at radius 1 is 1.24 bits per heavy atom. The van der Waals surface area contributed by atoms with E-state index >= 15 is 0 Å². The van der Waals surface area contributed by atoms with Crippen LogP contribution in [0, 0.1) is 13.8 Å². The first-order valence-electron chi connectivity index (χ1n) is 5.89. The highest BCUT2D eigenvalue weighted by Gasteiger charge is 2.05. The third-order valence-corrected chi connectivity index (χ3v) is 3.27. The number of aromatic nitrogens is 3. The summed E-state index contributed by atoms with van der Waals surface area (Å²) in [4.78, 5) is 0. The molecule has 2 aromatic rings. The molecule has 0 unspecified atom stereocenters. The average Bonchev–Trinajstić information content (AvgIpc) is 2.80. The first kappa shape index (κ1) is 11.9. The van der Waals surface area contributed by atoms with Crippen molar-refractivity contribution >= 4 is 0 Å². The zero-order valence-electron chi connectivity index (χ0n) is 11.0. The van der Waals surface area contributed by atoms with E-state index in [2.05, 4.69) is 41.9 Å². The second kappa shape index (κ2) is 4.75. The van der Waals surface area contributed by atoms with Gasteiger partial charge in [-0.2, -0.15) is 5.10 Å². The van der Waals surface area contributed by atoms with Gasteiger partial charge in [0.1, 0.15) is 0 Å². The van der Waals surface area contributed by atoms with Crippen molar-refractivity contribution in [3.05, 3.63) is 41.0 Å². The topological polar surface area (TPSA) is 34.8 Å². The Labute approximate surface area is 102 Å². The molecular weight excluding hydrogens is 212 g/mol. The second-order valence-corrected chi connectivity index (χ2v) is 4.54. The Hall–Kier alpha value is -1.55. The summed E-state index contributed by atoms with van der Waals surface area (Å²) < 4.78 is 4.05. The Morgan fingerprint density at radius 2 is 2.00 bits per heavy atom. The molecule has 2 aromatic heterocycles. The van der Waals surface area contributed by atoms with E-state index in [1.807, 2.05) is 24.0 Å². The van der Waals surface area contributed by atoms with Gasteiger partial charge in [0.15, 0.2) is 0 Å². The highest BCUT2D eigenvalue weighted by Crippen LogP contribution is 2.12. The van der Waals surface area contributed by atoms with Crippen LogP contribution in [0.4, 0.5) is 0 Å². The SMILES string of the molecule is Cc1cc(CNCc2ccn(C)n2)c(C)n1C. The zero-order chi connectivity index (χ0) is 12.4. The highest BCUT2D eigenvalue weighted by atomic mass is 15.3. The fourth-order valence-electron chi connectivity index (χ4n) is 2.00. The van der Waals surface area contributed by atoms with Gasteiger partial charge in [-0.3, -0.25) is 4.68 Å². The molecule has 0 aliphatic rings. The van der Waals surface area contributed by atoms with E-state index in [4.69, 9.17) is 0 Å². The summed E-state index contributed by atoms with van der Waals surface area (Å²) in [7, 11) is 4.04. The van der Waals surface area contributed by atoms with Crippen LogP contribution in [0.3, 0.4) is 0 Å². The van der Waals surface area contributed by atoms with Crippen molar-refractivity contribution in [2.45, 2.75) is 26.9 Å². The third kappa shape index (κ3) is 2.58. The maximum Gasteiger partial charge on any atom is 0.0762 e. The van der Waals surface area contributed by atoms with Crippen LogP contribution in [0.2, 0.25) is 0 Å². The van der Waals surface area contributed by atoms with Crippen molar-refractivity contribution < 1.29 is 0 Å². The van der Waals surface area contributed by atoms with Gasteiger partial charge in [-0.1, -0.05) is 0 Å². The molecule has 0 aliphatic heterocycles. The van der Waals surface area contributed by atoms with E-state index in [0.717, 1.165) is 18.8 Å². The van der Waals surface area contributed by atoms with E-state index in [-0.39, 0.29) is 0 Å². The molecule has 2 heterocycles. The van der Waals surface area contributed by atoms with Crippen LogP contribution < -0.4 is 5.32 Å². The molecule has 0 radical (unpaired) electrons. The van der Waals surface area contributed by atoms with E-state index < -0.39 is 0 Å². The van der Waals surface area contributed by atoms with Gasteiger partial charge in [0.25, 0.3) is 0 Å². The van der Waals surface area contributed by atoms with Crippen molar-refractivity contribution in [2.75, 3.05) is 0 Å². The summed E-state index contributed by atoms with van der Waals surface area (Å²) in [6.45, 7) is 6.00. The molecule has 0 bridgehead atoms. The quantitative estimate of drug-likeness (QED) is 0.870. The van der Waals surface area contributed by atoms with Crippen molar-refractivity contribution in [3.8, 4) is 0 Å². The minimum absolute atomic E-state index is 0.814. The minimum atomic E-state index is 0.814. The molecule has 92 valence electrons. The van der Waals surface area contributed by atoms with Gasteiger partial charge >= 0.3 is 0 Å². The predicted molar refractivity (Wildman–Crippen MR) is 68.6 cm³/mol. The Kier molecular flexibility index (Phi) is 3.33. The number of nitrogens with one attached hydrogen (secondary N) is 1. The van der Waals surface area contributed by atoms with Crippen LogP contribution in [-0.4, -0.2) is 14.3 Å². The molecule has 0 saturated heterocycles. The Morgan fingerprint density at radius 3 is 2.53 bits per heavy atom. The van der Waals surface area contributed by atoms with Gasteiger partial charge < -0.3 is 9.88 Å². The maximum absolute atomic E-state index is 4.34. The van der Waals surface area contributed by atoms with Crippen LogP contribution in [0.15, 0.2) is 18.3 Å². The van der Waals surface area contributed by atoms with E-state index in [0.29, 0.717) is 0 Å². The lowest BCUT2D eigenvalue weighted by Crippen LogP contribution is -2.13. The molecule has 0 saturated carbocycles. The van der Waals surface area contributed by atoms with E-state index in [9.17, 15) is 0 Å². The van der Waals surface area contributed by atoms with Gasteiger partial charge in [-0.15, -0.1) is 0 Å². The molecule has 4 nitrogen and oxygen atoms in total.